The van der Waals surface area contributed by atoms with Crippen molar-refractivity contribution in [2.75, 3.05) is 20.8 Å². The van der Waals surface area contributed by atoms with Crippen molar-refractivity contribution in [3.63, 3.8) is 0 Å². The predicted molar refractivity (Wildman–Crippen MR) is 81.7 cm³/mol. The second kappa shape index (κ2) is 6.76. The summed E-state index contributed by atoms with van der Waals surface area (Å²) in [7, 11) is 3.31. The van der Waals surface area contributed by atoms with Gasteiger partial charge in [-0.25, -0.2) is 4.98 Å². The van der Waals surface area contributed by atoms with Crippen molar-refractivity contribution >= 4 is 34.2 Å². The summed E-state index contributed by atoms with van der Waals surface area (Å²) in [5.74, 6) is 0.785. The van der Waals surface area contributed by atoms with Crippen molar-refractivity contribution in [2.24, 2.45) is 0 Å². The molecular formula is C14H18Cl2N2O2. The van der Waals surface area contributed by atoms with Crippen LogP contribution in [0.2, 0.25) is 5.02 Å². The van der Waals surface area contributed by atoms with Gasteiger partial charge < -0.3 is 14.0 Å². The monoisotopic (exact) mass is 316 g/mol. The SMILES string of the molecule is COCC(Cn1c(C(C)Cl)nc2cccc(Cl)c21)OC. The molecule has 1 heterocycles. The van der Waals surface area contributed by atoms with Crippen LogP contribution in [-0.4, -0.2) is 36.5 Å². The van der Waals surface area contributed by atoms with Crippen LogP contribution >= 0.6 is 23.2 Å². The highest BCUT2D eigenvalue weighted by Crippen LogP contribution is 2.29. The zero-order chi connectivity index (χ0) is 14.7. The van der Waals surface area contributed by atoms with Gasteiger partial charge >= 0.3 is 0 Å². The fraction of sp³-hybridized carbons (Fsp3) is 0.500. The van der Waals surface area contributed by atoms with Crippen LogP contribution in [0.3, 0.4) is 0 Å². The number of alkyl halides is 1. The molecule has 110 valence electrons. The van der Waals surface area contributed by atoms with Crippen molar-refractivity contribution in [1.82, 2.24) is 9.55 Å². The van der Waals surface area contributed by atoms with Crippen molar-refractivity contribution in [3.8, 4) is 0 Å². The Kier molecular flexibility index (Phi) is 5.27. The summed E-state index contributed by atoms with van der Waals surface area (Å²) in [5, 5.41) is 0.448. The molecule has 0 aliphatic carbocycles. The van der Waals surface area contributed by atoms with Gasteiger partial charge in [0.1, 0.15) is 5.82 Å². The van der Waals surface area contributed by atoms with Gasteiger partial charge in [0.15, 0.2) is 0 Å². The van der Waals surface area contributed by atoms with Crippen molar-refractivity contribution < 1.29 is 9.47 Å². The molecule has 1 aromatic heterocycles. The third-order valence-corrected chi connectivity index (χ3v) is 3.68. The van der Waals surface area contributed by atoms with Gasteiger partial charge in [0.05, 0.1) is 40.7 Å². The minimum absolute atomic E-state index is 0.0807. The number of aromatic nitrogens is 2. The summed E-state index contributed by atoms with van der Waals surface area (Å²) in [5.41, 5.74) is 1.72. The topological polar surface area (TPSA) is 36.3 Å². The van der Waals surface area contributed by atoms with Gasteiger partial charge in [-0.05, 0) is 19.1 Å². The smallest absolute Gasteiger partial charge is 0.127 e. The van der Waals surface area contributed by atoms with Crippen LogP contribution in [0.4, 0.5) is 0 Å². The van der Waals surface area contributed by atoms with E-state index < -0.39 is 0 Å². The third-order valence-electron chi connectivity index (χ3n) is 3.17. The van der Waals surface area contributed by atoms with E-state index in [1.807, 2.05) is 29.7 Å². The highest BCUT2D eigenvalue weighted by atomic mass is 35.5. The molecule has 6 heteroatoms. The number of rotatable bonds is 6. The fourth-order valence-corrected chi connectivity index (χ4v) is 2.67. The van der Waals surface area contributed by atoms with E-state index in [9.17, 15) is 0 Å². The molecule has 0 saturated heterocycles. The summed E-state index contributed by atoms with van der Waals surface area (Å²) < 4.78 is 12.6. The lowest BCUT2D eigenvalue weighted by Crippen LogP contribution is -2.25. The minimum atomic E-state index is -0.210. The Labute approximate surface area is 128 Å². The van der Waals surface area contributed by atoms with Crippen LogP contribution < -0.4 is 0 Å². The number of imidazole rings is 1. The van der Waals surface area contributed by atoms with Crippen LogP contribution in [0.1, 0.15) is 18.1 Å². The van der Waals surface area contributed by atoms with Gasteiger partial charge in [0.2, 0.25) is 0 Å². The molecule has 0 amide bonds. The standard InChI is InChI=1S/C14H18Cl2N2O2/c1-9(15)14-17-12-6-4-5-11(16)13(12)18(14)7-10(20-3)8-19-2/h4-6,9-10H,7-8H2,1-3H3. The average Bonchev–Trinajstić information content (AvgIpc) is 2.78. The maximum absolute atomic E-state index is 6.31. The summed E-state index contributed by atoms with van der Waals surface area (Å²) in [6.07, 6.45) is -0.0807. The molecule has 0 bridgehead atoms. The predicted octanol–water partition coefficient (Wildman–Crippen LogP) is 3.65. The Bertz CT molecular complexity index is 584. The molecule has 2 unspecified atom stereocenters. The van der Waals surface area contributed by atoms with E-state index in [1.165, 1.54) is 0 Å². The first-order valence-corrected chi connectivity index (χ1v) is 7.20. The van der Waals surface area contributed by atoms with Crippen LogP contribution in [0, 0.1) is 0 Å². The number of hydrogen-bond donors (Lipinski definition) is 0. The molecule has 0 aliphatic rings. The molecule has 20 heavy (non-hydrogen) atoms. The summed E-state index contributed by atoms with van der Waals surface area (Å²) in [4.78, 5) is 4.57. The second-order valence-corrected chi connectivity index (χ2v) is 5.68. The van der Waals surface area contributed by atoms with E-state index in [0.29, 0.717) is 18.2 Å². The quantitative estimate of drug-likeness (QED) is 0.763. The van der Waals surface area contributed by atoms with Crippen LogP contribution in [0.15, 0.2) is 18.2 Å². The molecule has 1 aromatic carbocycles. The summed E-state index contributed by atoms with van der Waals surface area (Å²) in [6.45, 7) is 2.99. The maximum Gasteiger partial charge on any atom is 0.127 e. The van der Waals surface area contributed by atoms with E-state index in [1.54, 1.807) is 14.2 Å². The molecule has 2 aromatic rings. The van der Waals surface area contributed by atoms with Gasteiger partial charge in [-0.2, -0.15) is 0 Å². The van der Waals surface area contributed by atoms with Crippen molar-refractivity contribution in [3.05, 3.63) is 29.0 Å². The van der Waals surface area contributed by atoms with E-state index >= 15 is 0 Å². The van der Waals surface area contributed by atoms with Crippen LogP contribution in [0.5, 0.6) is 0 Å². The Morgan fingerprint density at radius 2 is 2.10 bits per heavy atom. The van der Waals surface area contributed by atoms with Crippen molar-refractivity contribution in [2.45, 2.75) is 24.9 Å². The first kappa shape index (κ1) is 15.6. The summed E-state index contributed by atoms with van der Waals surface area (Å²) >= 11 is 12.5. The molecule has 0 radical (unpaired) electrons. The molecule has 2 rings (SSSR count). The van der Waals surface area contributed by atoms with Gasteiger partial charge in [0.25, 0.3) is 0 Å². The zero-order valence-electron chi connectivity index (χ0n) is 11.8. The Balaban J connectivity index is 2.50. The molecule has 0 saturated carbocycles. The lowest BCUT2D eigenvalue weighted by Gasteiger charge is -2.18. The number of nitrogens with zero attached hydrogens (tertiary/aromatic N) is 2. The lowest BCUT2D eigenvalue weighted by molar-refractivity contribution is 0.0185. The van der Waals surface area contributed by atoms with Crippen molar-refractivity contribution in [1.29, 1.82) is 0 Å². The third kappa shape index (κ3) is 3.09. The van der Waals surface area contributed by atoms with E-state index in [2.05, 4.69) is 4.98 Å². The zero-order valence-corrected chi connectivity index (χ0v) is 13.3. The number of ether oxygens (including phenoxy) is 2. The van der Waals surface area contributed by atoms with Gasteiger partial charge in [-0.1, -0.05) is 17.7 Å². The van der Waals surface area contributed by atoms with Gasteiger partial charge in [0, 0.05) is 14.2 Å². The number of para-hydroxylation sites is 1. The van der Waals surface area contributed by atoms with E-state index in [0.717, 1.165) is 16.9 Å². The van der Waals surface area contributed by atoms with Gasteiger partial charge in [-0.3, -0.25) is 0 Å². The number of fused-ring (bicyclic) bond motifs is 1. The second-order valence-electron chi connectivity index (χ2n) is 4.62. The molecule has 0 fully saturated rings. The molecule has 4 nitrogen and oxygen atoms in total. The number of hydrogen-bond acceptors (Lipinski definition) is 3. The normalized spacial score (nSPS) is 14.7. The molecule has 0 N–H and O–H groups in total. The molecule has 0 aliphatic heterocycles. The minimum Gasteiger partial charge on any atom is -0.382 e. The summed E-state index contributed by atoms with van der Waals surface area (Å²) in [6, 6.07) is 5.66. The highest BCUT2D eigenvalue weighted by molar-refractivity contribution is 6.35. The number of benzene rings is 1. The lowest BCUT2D eigenvalue weighted by atomic mass is 10.3. The molecule has 0 spiro atoms. The Morgan fingerprint density at radius 1 is 1.35 bits per heavy atom. The van der Waals surface area contributed by atoms with Gasteiger partial charge in [-0.15, -0.1) is 11.6 Å². The molecule has 2 atom stereocenters. The van der Waals surface area contributed by atoms with Crippen LogP contribution in [-0.2, 0) is 16.0 Å². The largest absolute Gasteiger partial charge is 0.382 e. The fourth-order valence-electron chi connectivity index (χ4n) is 2.23. The average molecular weight is 317 g/mol. The first-order chi connectivity index (χ1) is 9.58. The van der Waals surface area contributed by atoms with E-state index in [4.69, 9.17) is 32.7 Å². The number of halogens is 2. The highest BCUT2D eigenvalue weighted by Gasteiger charge is 2.19. The number of methoxy groups -OCH3 is 2. The Morgan fingerprint density at radius 3 is 2.70 bits per heavy atom. The van der Waals surface area contributed by atoms with Crippen LogP contribution in [0.25, 0.3) is 11.0 Å². The Hall–Kier alpha value is -0.810. The first-order valence-electron chi connectivity index (χ1n) is 6.39. The molecular weight excluding hydrogens is 299 g/mol. The maximum atomic E-state index is 6.31. The van der Waals surface area contributed by atoms with E-state index in [-0.39, 0.29) is 11.5 Å².